The van der Waals surface area contributed by atoms with Gasteiger partial charge in [-0.05, 0) is 27.7 Å². The molecule has 3 heteroatoms. The Hall–Kier alpha value is -0.310. The molecule has 1 heterocycles. The van der Waals surface area contributed by atoms with Crippen LogP contribution in [0.1, 0.15) is 27.7 Å². The average Bonchev–Trinajstić information content (AvgIpc) is 2.11. The minimum absolute atomic E-state index is 0.188. The fourth-order valence-electron chi connectivity index (χ4n) is 1.30. The molecule has 1 atom stereocenters. The minimum atomic E-state index is 0.188. The molecule has 0 radical (unpaired) electrons. The molecule has 1 aliphatic heterocycles. The molecule has 64 valence electrons. The van der Waals surface area contributed by atoms with E-state index in [1.165, 1.54) is 0 Å². The molecule has 0 spiro atoms. The summed E-state index contributed by atoms with van der Waals surface area (Å²) in [5.74, 6) is 0. The van der Waals surface area contributed by atoms with Gasteiger partial charge in [0.25, 0.3) is 0 Å². The van der Waals surface area contributed by atoms with Gasteiger partial charge in [0, 0.05) is 17.9 Å². The Kier molecular flexibility index (Phi) is 2.10. The molecule has 0 amide bonds. The van der Waals surface area contributed by atoms with Crippen molar-refractivity contribution in [2.24, 2.45) is 0 Å². The van der Waals surface area contributed by atoms with Crippen molar-refractivity contribution >= 4 is 12.8 Å². The van der Waals surface area contributed by atoms with E-state index in [1.54, 1.807) is 0 Å². The highest BCUT2D eigenvalue weighted by atomic mass is 32.1. The van der Waals surface area contributed by atoms with Crippen LogP contribution in [0.5, 0.6) is 0 Å². The van der Waals surface area contributed by atoms with Gasteiger partial charge in [-0.15, -0.1) is 0 Å². The van der Waals surface area contributed by atoms with Crippen LogP contribution in [0.15, 0.2) is 12.4 Å². The quantitative estimate of drug-likeness (QED) is 0.559. The zero-order chi connectivity index (χ0) is 8.65. The monoisotopic (exact) mass is 172 g/mol. The van der Waals surface area contributed by atoms with E-state index in [2.05, 4.69) is 51.6 Å². The van der Waals surface area contributed by atoms with Crippen molar-refractivity contribution in [3.8, 4) is 0 Å². The molecule has 1 rings (SSSR count). The van der Waals surface area contributed by atoms with E-state index in [0.717, 1.165) is 0 Å². The first kappa shape index (κ1) is 8.78. The molecule has 0 aromatic heterocycles. The van der Waals surface area contributed by atoms with Crippen LogP contribution >= 0.6 is 12.8 Å². The van der Waals surface area contributed by atoms with Crippen LogP contribution in [0.4, 0.5) is 0 Å². The maximum atomic E-state index is 4.28. The summed E-state index contributed by atoms with van der Waals surface area (Å²) in [5.41, 5.74) is 0.188. The van der Waals surface area contributed by atoms with Crippen LogP contribution in [0.2, 0.25) is 0 Å². The summed E-state index contributed by atoms with van der Waals surface area (Å²) in [6.45, 7) is 8.72. The SMILES string of the molecule is CC1N(S)C=CN1C(C)(C)C. The maximum absolute atomic E-state index is 4.28. The van der Waals surface area contributed by atoms with Gasteiger partial charge in [-0.3, -0.25) is 0 Å². The second-order valence-corrected chi connectivity index (χ2v) is 4.35. The summed E-state index contributed by atoms with van der Waals surface area (Å²) in [6, 6.07) is 0. The third-order valence-corrected chi connectivity index (χ3v) is 2.41. The first-order chi connectivity index (χ1) is 4.93. The molecule has 0 aromatic carbocycles. The Morgan fingerprint density at radius 1 is 1.27 bits per heavy atom. The molecule has 2 nitrogen and oxygen atoms in total. The van der Waals surface area contributed by atoms with Gasteiger partial charge in [0.1, 0.15) is 6.17 Å². The average molecular weight is 172 g/mol. The van der Waals surface area contributed by atoms with E-state index >= 15 is 0 Å². The van der Waals surface area contributed by atoms with Crippen LogP contribution in [0.3, 0.4) is 0 Å². The van der Waals surface area contributed by atoms with Gasteiger partial charge in [-0.2, -0.15) is 0 Å². The highest BCUT2D eigenvalue weighted by Crippen LogP contribution is 2.25. The molecule has 0 bridgehead atoms. The molecular formula is C8H16N2S. The summed E-state index contributed by atoms with van der Waals surface area (Å²) in [4.78, 5) is 2.28. The van der Waals surface area contributed by atoms with E-state index in [1.807, 2.05) is 10.5 Å². The van der Waals surface area contributed by atoms with Crippen LogP contribution in [0, 0.1) is 0 Å². The minimum Gasteiger partial charge on any atom is -0.351 e. The van der Waals surface area contributed by atoms with Crippen LogP contribution in [-0.2, 0) is 0 Å². The van der Waals surface area contributed by atoms with Gasteiger partial charge in [0.2, 0.25) is 0 Å². The Morgan fingerprint density at radius 3 is 2.00 bits per heavy atom. The zero-order valence-electron chi connectivity index (χ0n) is 7.57. The number of hydrogen-bond donors (Lipinski definition) is 1. The summed E-state index contributed by atoms with van der Waals surface area (Å²) < 4.78 is 1.91. The lowest BCUT2D eigenvalue weighted by Crippen LogP contribution is -2.43. The lowest BCUT2D eigenvalue weighted by molar-refractivity contribution is 0.132. The van der Waals surface area contributed by atoms with Crippen molar-refractivity contribution in [3.05, 3.63) is 12.4 Å². The number of hydrogen-bond acceptors (Lipinski definition) is 3. The molecule has 0 N–H and O–H groups in total. The third kappa shape index (κ3) is 1.64. The molecule has 11 heavy (non-hydrogen) atoms. The maximum Gasteiger partial charge on any atom is 0.108 e. The highest BCUT2D eigenvalue weighted by Gasteiger charge is 2.28. The van der Waals surface area contributed by atoms with Crippen LogP contribution in [-0.4, -0.2) is 20.9 Å². The fraction of sp³-hybridized carbons (Fsp3) is 0.750. The Balaban J connectivity index is 2.70. The molecule has 0 saturated heterocycles. The van der Waals surface area contributed by atoms with Gasteiger partial charge in [-0.25, -0.2) is 0 Å². The van der Waals surface area contributed by atoms with Crippen molar-refractivity contribution in [3.63, 3.8) is 0 Å². The lowest BCUT2D eigenvalue weighted by atomic mass is 10.1. The summed E-state index contributed by atoms with van der Waals surface area (Å²) >= 11 is 4.28. The van der Waals surface area contributed by atoms with Crippen molar-refractivity contribution in [1.82, 2.24) is 9.21 Å². The number of nitrogens with zero attached hydrogens (tertiary/aromatic N) is 2. The topological polar surface area (TPSA) is 6.48 Å². The Labute approximate surface area is 74.4 Å². The Morgan fingerprint density at radius 2 is 1.82 bits per heavy atom. The molecule has 0 aromatic rings. The summed E-state index contributed by atoms with van der Waals surface area (Å²) in [7, 11) is 0. The summed E-state index contributed by atoms with van der Waals surface area (Å²) in [6.07, 6.45) is 4.43. The largest absolute Gasteiger partial charge is 0.351 e. The van der Waals surface area contributed by atoms with Crippen molar-refractivity contribution in [1.29, 1.82) is 0 Å². The predicted octanol–water partition coefficient (Wildman–Crippen LogP) is 2.06. The molecule has 0 aliphatic carbocycles. The smallest absolute Gasteiger partial charge is 0.108 e. The second-order valence-electron chi connectivity index (χ2n) is 3.89. The zero-order valence-corrected chi connectivity index (χ0v) is 8.47. The van der Waals surface area contributed by atoms with Gasteiger partial charge in [0.05, 0.1) is 0 Å². The number of rotatable bonds is 0. The van der Waals surface area contributed by atoms with Gasteiger partial charge >= 0.3 is 0 Å². The highest BCUT2D eigenvalue weighted by molar-refractivity contribution is 7.77. The molecule has 1 aliphatic rings. The number of thiol groups is 1. The van der Waals surface area contributed by atoms with Gasteiger partial charge in [0.15, 0.2) is 0 Å². The lowest BCUT2D eigenvalue weighted by Gasteiger charge is -2.37. The molecule has 1 unspecified atom stereocenters. The van der Waals surface area contributed by atoms with Crippen LogP contribution in [0.25, 0.3) is 0 Å². The first-order valence-electron chi connectivity index (χ1n) is 3.87. The van der Waals surface area contributed by atoms with E-state index in [-0.39, 0.29) is 5.54 Å². The predicted molar refractivity (Wildman–Crippen MR) is 51.0 cm³/mol. The van der Waals surface area contributed by atoms with E-state index < -0.39 is 0 Å². The first-order valence-corrected chi connectivity index (χ1v) is 4.27. The van der Waals surface area contributed by atoms with Gasteiger partial charge in [-0.1, -0.05) is 12.8 Å². The third-order valence-electron chi connectivity index (χ3n) is 1.94. The molecule has 0 saturated carbocycles. The van der Waals surface area contributed by atoms with Crippen LogP contribution < -0.4 is 0 Å². The van der Waals surface area contributed by atoms with Crippen molar-refractivity contribution in [2.45, 2.75) is 39.4 Å². The standard InChI is InChI=1S/C8H16N2S/c1-7-9(8(2,3)4)5-6-10(7)11/h5-7,11H,1-4H3. The van der Waals surface area contributed by atoms with Crippen molar-refractivity contribution in [2.75, 3.05) is 0 Å². The normalized spacial score (nSPS) is 25.0. The van der Waals surface area contributed by atoms with E-state index in [4.69, 9.17) is 0 Å². The van der Waals surface area contributed by atoms with E-state index in [0.29, 0.717) is 6.17 Å². The van der Waals surface area contributed by atoms with Crippen molar-refractivity contribution < 1.29 is 0 Å². The summed E-state index contributed by atoms with van der Waals surface area (Å²) in [5, 5.41) is 0. The Bertz CT molecular complexity index is 171. The van der Waals surface area contributed by atoms with Gasteiger partial charge < -0.3 is 9.21 Å². The second kappa shape index (κ2) is 2.63. The van der Waals surface area contributed by atoms with E-state index in [9.17, 15) is 0 Å². The molecule has 0 fully saturated rings. The fourth-order valence-corrected chi connectivity index (χ4v) is 1.47. The molecular weight excluding hydrogens is 156 g/mol.